The summed E-state index contributed by atoms with van der Waals surface area (Å²) in [4.78, 5) is 15.0. The van der Waals surface area contributed by atoms with E-state index in [0.717, 1.165) is 0 Å². The standard InChI is InChI=1S/C10H11F2NO2S/c11-10(12)2-1-6(9(14)15)7(3-10)8-4-16-5-13-8/h4-7H,1-3H2,(H,14,15)/t6-,7-/m1/s1. The van der Waals surface area contributed by atoms with Crippen LogP contribution in [0.25, 0.3) is 0 Å². The van der Waals surface area contributed by atoms with E-state index in [1.54, 1.807) is 10.9 Å². The number of rotatable bonds is 2. The van der Waals surface area contributed by atoms with E-state index in [-0.39, 0.29) is 12.8 Å². The van der Waals surface area contributed by atoms with Crippen molar-refractivity contribution in [3.63, 3.8) is 0 Å². The molecule has 1 saturated carbocycles. The second kappa shape index (κ2) is 4.08. The molecular formula is C10H11F2NO2S. The molecule has 1 aromatic heterocycles. The van der Waals surface area contributed by atoms with Gasteiger partial charge in [-0.05, 0) is 6.42 Å². The van der Waals surface area contributed by atoms with E-state index in [4.69, 9.17) is 5.11 Å². The quantitative estimate of drug-likeness (QED) is 0.874. The Labute approximate surface area is 95.1 Å². The fourth-order valence-electron chi connectivity index (χ4n) is 2.15. The van der Waals surface area contributed by atoms with Crippen LogP contribution < -0.4 is 0 Å². The van der Waals surface area contributed by atoms with Gasteiger partial charge in [-0.3, -0.25) is 4.79 Å². The Hall–Kier alpha value is -1.04. The van der Waals surface area contributed by atoms with Crippen LogP contribution in [0.3, 0.4) is 0 Å². The number of nitrogens with zero attached hydrogens (tertiary/aromatic N) is 1. The van der Waals surface area contributed by atoms with E-state index in [1.807, 2.05) is 0 Å². The predicted octanol–water partition coefficient (Wildman–Crippen LogP) is 2.75. The lowest BCUT2D eigenvalue weighted by Gasteiger charge is -2.32. The van der Waals surface area contributed by atoms with Gasteiger partial charge in [0, 0.05) is 24.1 Å². The van der Waals surface area contributed by atoms with Gasteiger partial charge in [-0.2, -0.15) is 0 Å². The van der Waals surface area contributed by atoms with Crippen LogP contribution in [0.1, 0.15) is 30.9 Å². The van der Waals surface area contributed by atoms with Crippen molar-refractivity contribution in [1.82, 2.24) is 4.98 Å². The van der Waals surface area contributed by atoms with Crippen LogP contribution in [0.4, 0.5) is 8.78 Å². The first-order chi connectivity index (χ1) is 7.49. The molecule has 88 valence electrons. The maximum atomic E-state index is 13.3. The minimum atomic E-state index is -2.76. The third kappa shape index (κ3) is 2.21. The molecule has 3 nitrogen and oxygen atoms in total. The molecule has 1 heterocycles. The van der Waals surface area contributed by atoms with E-state index < -0.39 is 30.1 Å². The van der Waals surface area contributed by atoms with E-state index >= 15 is 0 Å². The van der Waals surface area contributed by atoms with Crippen molar-refractivity contribution in [2.75, 3.05) is 0 Å². The minimum absolute atomic E-state index is 0.0184. The number of hydrogen-bond donors (Lipinski definition) is 1. The number of aliphatic carboxylic acids is 1. The first-order valence-corrected chi connectivity index (χ1v) is 5.92. The zero-order valence-electron chi connectivity index (χ0n) is 8.40. The molecule has 0 spiro atoms. The first kappa shape index (κ1) is 11.4. The molecule has 16 heavy (non-hydrogen) atoms. The maximum absolute atomic E-state index is 13.3. The Morgan fingerprint density at radius 2 is 2.38 bits per heavy atom. The van der Waals surface area contributed by atoms with Gasteiger partial charge >= 0.3 is 5.97 Å². The molecule has 0 amide bonds. The van der Waals surface area contributed by atoms with Crippen LogP contribution in [-0.4, -0.2) is 22.0 Å². The molecule has 0 saturated heterocycles. The lowest BCUT2D eigenvalue weighted by Crippen LogP contribution is -2.35. The molecule has 1 aromatic rings. The molecule has 0 aromatic carbocycles. The summed E-state index contributed by atoms with van der Waals surface area (Å²) in [7, 11) is 0. The molecule has 1 fully saturated rings. The Kier molecular flexibility index (Phi) is 2.92. The molecule has 0 unspecified atom stereocenters. The number of halogens is 2. The van der Waals surface area contributed by atoms with Crippen LogP contribution in [0.5, 0.6) is 0 Å². The molecule has 2 atom stereocenters. The number of alkyl halides is 2. The van der Waals surface area contributed by atoms with Crippen LogP contribution >= 0.6 is 11.3 Å². The average molecular weight is 247 g/mol. The first-order valence-electron chi connectivity index (χ1n) is 4.98. The lowest BCUT2D eigenvalue weighted by molar-refractivity contribution is -0.147. The van der Waals surface area contributed by atoms with Crippen LogP contribution in [0.2, 0.25) is 0 Å². The van der Waals surface area contributed by atoms with Crippen molar-refractivity contribution in [2.24, 2.45) is 5.92 Å². The number of aromatic nitrogens is 1. The van der Waals surface area contributed by atoms with Crippen molar-refractivity contribution < 1.29 is 18.7 Å². The summed E-state index contributed by atoms with van der Waals surface area (Å²) in [6.45, 7) is 0. The molecule has 2 rings (SSSR count). The molecule has 6 heteroatoms. The van der Waals surface area contributed by atoms with E-state index in [0.29, 0.717) is 5.69 Å². The van der Waals surface area contributed by atoms with Gasteiger partial charge in [-0.15, -0.1) is 11.3 Å². The summed E-state index contributed by atoms with van der Waals surface area (Å²) in [6.07, 6.45) is -0.733. The van der Waals surface area contributed by atoms with Gasteiger partial charge in [-0.1, -0.05) is 0 Å². The Balaban J connectivity index is 2.25. The van der Waals surface area contributed by atoms with Crippen LogP contribution in [-0.2, 0) is 4.79 Å². The number of carboxylic acid groups (broad SMARTS) is 1. The molecule has 1 aliphatic carbocycles. The third-order valence-corrected chi connectivity index (χ3v) is 3.58. The number of thiazole rings is 1. The van der Waals surface area contributed by atoms with Crippen molar-refractivity contribution in [1.29, 1.82) is 0 Å². The van der Waals surface area contributed by atoms with Crippen molar-refractivity contribution >= 4 is 17.3 Å². The van der Waals surface area contributed by atoms with Crippen molar-refractivity contribution in [2.45, 2.75) is 31.1 Å². The smallest absolute Gasteiger partial charge is 0.307 e. The summed E-state index contributed by atoms with van der Waals surface area (Å²) in [5.74, 6) is -5.16. The highest BCUT2D eigenvalue weighted by Gasteiger charge is 2.45. The Bertz CT molecular complexity index is 380. The second-order valence-corrected chi connectivity index (χ2v) is 4.78. The van der Waals surface area contributed by atoms with Crippen molar-refractivity contribution in [3.05, 3.63) is 16.6 Å². The lowest BCUT2D eigenvalue weighted by atomic mass is 9.76. The average Bonchev–Trinajstić information content (AvgIpc) is 2.68. The Morgan fingerprint density at radius 3 is 2.94 bits per heavy atom. The molecular weight excluding hydrogens is 236 g/mol. The van der Waals surface area contributed by atoms with E-state index in [9.17, 15) is 13.6 Å². The number of carbonyl (C=O) groups is 1. The molecule has 1 aliphatic rings. The topological polar surface area (TPSA) is 50.2 Å². The molecule has 0 bridgehead atoms. The fraction of sp³-hybridized carbons (Fsp3) is 0.600. The van der Waals surface area contributed by atoms with E-state index in [2.05, 4.69) is 4.98 Å². The van der Waals surface area contributed by atoms with Gasteiger partial charge in [-0.25, -0.2) is 13.8 Å². The van der Waals surface area contributed by atoms with Crippen LogP contribution in [0, 0.1) is 5.92 Å². The number of hydrogen-bond acceptors (Lipinski definition) is 3. The van der Waals surface area contributed by atoms with Gasteiger partial charge in [0.25, 0.3) is 0 Å². The highest BCUT2D eigenvalue weighted by atomic mass is 32.1. The van der Waals surface area contributed by atoms with Gasteiger partial charge in [0.2, 0.25) is 5.92 Å². The monoisotopic (exact) mass is 247 g/mol. The zero-order chi connectivity index (χ0) is 11.8. The summed E-state index contributed by atoms with van der Waals surface area (Å²) in [5, 5.41) is 10.7. The minimum Gasteiger partial charge on any atom is -0.481 e. The summed E-state index contributed by atoms with van der Waals surface area (Å²) in [6, 6.07) is 0. The second-order valence-electron chi connectivity index (χ2n) is 4.06. The normalized spacial score (nSPS) is 28.9. The zero-order valence-corrected chi connectivity index (χ0v) is 9.21. The predicted molar refractivity (Wildman–Crippen MR) is 54.8 cm³/mol. The summed E-state index contributed by atoms with van der Waals surface area (Å²) < 4.78 is 26.5. The SMILES string of the molecule is O=C(O)[C@@H]1CCC(F)(F)C[C@H]1c1cscn1. The highest BCUT2D eigenvalue weighted by Crippen LogP contribution is 2.45. The van der Waals surface area contributed by atoms with Gasteiger partial charge in [0.05, 0.1) is 17.1 Å². The summed E-state index contributed by atoms with van der Waals surface area (Å²) >= 11 is 1.30. The van der Waals surface area contributed by atoms with Gasteiger partial charge < -0.3 is 5.11 Å². The molecule has 0 radical (unpaired) electrons. The number of carboxylic acids is 1. The molecule has 0 aliphatic heterocycles. The fourth-order valence-corrected chi connectivity index (χ4v) is 2.76. The third-order valence-electron chi connectivity index (χ3n) is 2.97. The van der Waals surface area contributed by atoms with E-state index in [1.165, 1.54) is 11.3 Å². The maximum Gasteiger partial charge on any atom is 0.307 e. The summed E-state index contributed by atoms with van der Waals surface area (Å²) in [5.41, 5.74) is 2.03. The highest BCUT2D eigenvalue weighted by molar-refractivity contribution is 7.07. The Morgan fingerprint density at radius 1 is 1.62 bits per heavy atom. The largest absolute Gasteiger partial charge is 0.481 e. The van der Waals surface area contributed by atoms with Crippen molar-refractivity contribution in [3.8, 4) is 0 Å². The van der Waals surface area contributed by atoms with Gasteiger partial charge in [0.15, 0.2) is 0 Å². The molecule has 1 N–H and O–H groups in total. The van der Waals surface area contributed by atoms with Gasteiger partial charge in [0.1, 0.15) is 0 Å². The van der Waals surface area contributed by atoms with Crippen LogP contribution in [0.15, 0.2) is 10.9 Å².